The summed E-state index contributed by atoms with van der Waals surface area (Å²) in [7, 11) is 0. The minimum Gasteiger partial charge on any atom is -0.361 e. The highest BCUT2D eigenvalue weighted by atomic mass is 16.5. The summed E-state index contributed by atoms with van der Waals surface area (Å²) < 4.78 is 5.01. The summed E-state index contributed by atoms with van der Waals surface area (Å²) in [6, 6.07) is 11.7. The number of rotatable bonds is 4. The predicted octanol–water partition coefficient (Wildman–Crippen LogP) is 1.93. The molecule has 0 unspecified atom stereocenters. The quantitative estimate of drug-likeness (QED) is 0.808. The maximum Gasteiger partial charge on any atom is 0.276 e. The van der Waals surface area contributed by atoms with E-state index in [2.05, 4.69) is 22.2 Å². The van der Waals surface area contributed by atoms with E-state index >= 15 is 0 Å². The summed E-state index contributed by atoms with van der Waals surface area (Å²) in [6.45, 7) is 5.88. The van der Waals surface area contributed by atoms with Crippen LogP contribution in [-0.2, 0) is 11.3 Å². The fraction of sp³-hybridized carbons (Fsp3) is 0.476. The smallest absolute Gasteiger partial charge is 0.276 e. The summed E-state index contributed by atoms with van der Waals surface area (Å²) >= 11 is 0. The van der Waals surface area contributed by atoms with Gasteiger partial charge in [-0.1, -0.05) is 35.5 Å². The molecule has 1 aromatic heterocycles. The molecule has 7 heteroatoms. The number of aryl methyl sites for hydroxylation is 1. The lowest BCUT2D eigenvalue weighted by molar-refractivity contribution is -0.141. The van der Waals surface area contributed by atoms with E-state index in [-0.39, 0.29) is 17.9 Å². The Morgan fingerprint density at radius 1 is 1.14 bits per heavy atom. The Balaban J connectivity index is 1.34. The summed E-state index contributed by atoms with van der Waals surface area (Å²) in [5, 5.41) is 3.82. The number of hydrogen-bond donors (Lipinski definition) is 0. The van der Waals surface area contributed by atoms with Crippen LogP contribution >= 0.6 is 0 Å². The summed E-state index contributed by atoms with van der Waals surface area (Å²) in [4.78, 5) is 31.6. The highest BCUT2D eigenvalue weighted by molar-refractivity contribution is 5.92. The van der Waals surface area contributed by atoms with Crippen LogP contribution in [-0.4, -0.2) is 70.4 Å². The van der Waals surface area contributed by atoms with Crippen LogP contribution in [0.25, 0.3) is 0 Å². The molecule has 3 heterocycles. The molecule has 7 nitrogen and oxygen atoms in total. The minimum atomic E-state index is -0.0998. The van der Waals surface area contributed by atoms with E-state index in [1.165, 1.54) is 0 Å². The minimum absolute atomic E-state index is 0.0796. The molecule has 2 amide bonds. The monoisotopic (exact) mass is 382 g/mol. The van der Waals surface area contributed by atoms with Crippen molar-refractivity contribution in [1.82, 2.24) is 19.9 Å². The molecule has 0 bridgehead atoms. The molecule has 1 aromatic carbocycles. The first-order chi connectivity index (χ1) is 13.6. The number of carbonyl (C=O) groups excluding carboxylic acids is 2. The van der Waals surface area contributed by atoms with Crippen LogP contribution in [0.5, 0.6) is 0 Å². The summed E-state index contributed by atoms with van der Waals surface area (Å²) in [6.07, 6.45) is 1.90. The average Bonchev–Trinajstić information content (AvgIpc) is 3.16. The van der Waals surface area contributed by atoms with Crippen LogP contribution in [0.4, 0.5) is 0 Å². The zero-order chi connectivity index (χ0) is 19.5. The van der Waals surface area contributed by atoms with Crippen LogP contribution in [0.2, 0.25) is 0 Å². The van der Waals surface area contributed by atoms with Crippen molar-refractivity contribution in [1.29, 1.82) is 0 Å². The standard InChI is InChI=1S/C21H26N4O3/c1-16-14-18(22-28-16)20(26)24-12-10-23(11-13-24)19-8-5-9-25(21(19)27)15-17-6-3-2-4-7-17/h2-4,6-7,14,19H,5,8-13,15H2,1H3/t19-/m0/s1. The Morgan fingerprint density at radius 3 is 2.57 bits per heavy atom. The number of nitrogens with zero attached hydrogens (tertiary/aromatic N) is 4. The molecule has 4 rings (SSSR count). The number of hydrogen-bond acceptors (Lipinski definition) is 5. The number of likely N-dealkylation sites (tertiary alicyclic amines) is 1. The van der Waals surface area contributed by atoms with Gasteiger partial charge in [0.05, 0.1) is 6.04 Å². The summed E-state index contributed by atoms with van der Waals surface area (Å²) in [5.74, 6) is 0.743. The van der Waals surface area contributed by atoms with Gasteiger partial charge < -0.3 is 14.3 Å². The number of piperidine rings is 1. The molecule has 1 atom stereocenters. The molecule has 0 saturated carbocycles. The van der Waals surface area contributed by atoms with Gasteiger partial charge in [-0.25, -0.2) is 0 Å². The number of benzene rings is 1. The Kier molecular flexibility index (Phi) is 5.43. The van der Waals surface area contributed by atoms with E-state index in [1.807, 2.05) is 23.1 Å². The Labute approximate surface area is 164 Å². The zero-order valence-electron chi connectivity index (χ0n) is 16.2. The van der Waals surface area contributed by atoms with E-state index < -0.39 is 0 Å². The normalized spacial score (nSPS) is 21.2. The van der Waals surface area contributed by atoms with E-state index in [1.54, 1.807) is 17.9 Å². The third kappa shape index (κ3) is 3.94. The van der Waals surface area contributed by atoms with Crippen molar-refractivity contribution in [3.05, 3.63) is 53.4 Å². The topological polar surface area (TPSA) is 69.9 Å². The number of amides is 2. The van der Waals surface area contributed by atoms with Crippen LogP contribution in [0.3, 0.4) is 0 Å². The molecule has 2 aliphatic rings. The second-order valence-electron chi connectivity index (χ2n) is 7.55. The van der Waals surface area contributed by atoms with Gasteiger partial charge in [-0.05, 0) is 25.3 Å². The number of aromatic nitrogens is 1. The Bertz CT molecular complexity index is 827. The first kappa shape index (κ1) is 18.7. The molecule has 148 valence electrons. The van der Waals surface area contributed by atoms with Crippen molar-refractivity contribution in [2.24, 2.45) is 0 Å². The lowest BCUT2D eigenvalue weighted by Crippen LogP contribution is -2.58. The van der Waals surface area contributed by atoms with Crippen LogP contribution < -0.4 is 0 Å². The predicted molar refractivity (Wildman–Crippen MR) is 104 cm³/mol. The molecule has 2 fully saturated rings. The van der Waals surface area contributed by atoms with Crippen molar-refractivity contribution in [3.63, 3.8) is 0 Å². The highest BCUT2D eigenvalue weighted by Gasteiger charge is 2.35. The van der Waals surface area contributed by atoms with E-state index in [4.69, 9.17) is 4.52 Å². The lowest BCUT2D eigenvalue weighted by atomic mass is 10.0. The Morgan fingerprint density at radius 2 is 1.89 bits per heavy atom. The van der Waals surface area contributed by atoms with Crippen LogP contribution in [0.1, 0.15) is 34.7 Å². The molecular formula is C21H26N4O3. The second-order valence-corrected chi connectivity index (χ2v) is 7.55. The van der Waals surface area contributed by atoms with Gasteiger partial charge in [-0.2, -0.15) is 0 Å². The molecule has 2 aromatic rings. The molecule has 0 N–H and O–H groups in total. The van der Waals surface area contributed by atoms with Crippen molar-refractivity contribution in [2.45, 2.75) is 32.4 Å². The average molecular weight is 382 g/mol. The largest absolute Gasteiger partial charge is 0.361 e. The zero-order valence-corrected chi connectivity index (χ0v) is 16.2. The summed E-state index contributed by atoms with van der Waals surface area (Å²) in [5.41, 5.74) is 1.52. The maximum atomic E-state index is 13.1. The molecule has 28 heavy (non-hydrogen) atoms. The van der Waals surface area contributed by atoms with Gasteiger partial charge in [-0.3, -0.25) is 14.5 Å². The second kappa shape index (κ2) is 8.14. The van der Waals surface area contributed by atoms with Gasteiger partial charge >= 0.3 is 0 Å². The van der Waals surface area contributed by atoms with Crippen molar-refractivity contribution in [3.8, 4) is 0 Å². The molecule has 0 aliphatic carbocycles. The molecule has 0 radical (unpaired) electrons. The maximum absolute atomic E-state index is 13.1. The third-order valence-electron chi connectivity index (χ3n) is 5.61. The van der Waals surface area contributed by atoms with Crippen molar-refractivity contribution >= 4 is 11.8 Å². The van der Waals surface area contributed by atoms with Gasteiger partial charge in [0, 0.05) is 45.3 Å². The lowest BCUT2D eigenvalue weighted by Gasteiger charge is -2.42. The van der Waals surface area contributed by atoms with Crippen LogP contribution in [0, 0.1) is 6.92 Å². The van der Waals surface area contributed by atoms with E-state index in [9.17, 15) is 9.59 Å². The number of carbonyl (C=O) groups is 2. The fourth-order valence-corrected chi connectivity index (χ4v) is 4.09. The highest BCUT2D eigenvalue weighted by Crippen LogP contribution is 2.21. The van der Waals surface area contributed by atoms with Gasteiger partial charge in [-0.15, -0.1) is 0 Å². The van der Waals surface area contributed by atoms with Crippen molar-refractivity contribution < 1.29 is 14.1 Å². The van der Waals surface area contributed by atoms with Gasteiger partial charge in [0.2, 0.25) is 5.91 Å². The molecule has 2 saturated heterocycles. The van der Waals surface area contributed by atoms with Crippen LogP contribution in [0.15, 0.2) is 40.9 Å². The first-order valence-corrected chi connectivity index (χ1v) is 9.91. The molecular weight excluding hydrogens is 356 g/mol. The van der Waals surface area contributed by atoms with Gasteiger partial charge in [0.25, 0.3) is 5.91 Å². The van der Waals surface area contributed by atoms with Crippen molar-refractivity contribution in [2.75, 3.05) is 32.7 Å². The third-order valence-corrected chi connectivity index (χ3v) is 5.61. The fourth-order valence-electron chi connectivity index (χ4n) is 4.09. The van der Waals surface area contributed by atoms with Gasteiger partial charge in [0.1, 0.15) is 5.76 Å². The Hall–Kier alpha value is -2.67. The first-order valence-electron chi connectivity index (χ1n) is 9.91. The van der Waals surface area contributed by atoms with E-state index in [0.29, 0.717) is 44.2 Å². The number of piperazine rings is 1. The molecule has 0 spiro atoms. The SMILES string of the molecule is Cc1cc(C(=O)N2CCN([C@H]3CCCN(Cc4ccccc4)C3=O)CC2)no1. The molecule has 2 aliphatic heterocycles. The van der Waals surface area contributed by atoms with Gasteiger partial charge in [0.15, 0.2) is 5.69 Å². The van der Waals surface area contributed by atoms with E-state index in [0.717, 1.165) is 24.9 Å².